The number of nitro benzene ring substituents is 1. The molecule has 1 saturated heterocycles. The minimum atomic E-state index is -0.619. The van der Waals surface area contributed by atoms with Crippen molar-refractivity contribution in [1.82, 2.24) is 4.90 Å². The van der Waals surface area contributed by atoms with Crippen molar-refractivity contribution in [2.45, 2.75) is 18.1 Å². The van der Waals surface area contributed by atoms with E-state index in [1.54, 1.807) is 4.90 Å². The molecule has 126 valence electrons. The average Bonchev–Trinajstić information content (AvgIpc) is 2.85. The third-order valence-corrected chi connectivity index (χ3v) is 5.06. The van der Waals surface area contributed by atoms with Crippen molar-refractivity contribution in [2.24, 2.45) is 4.99 Å². The van der Waals surface area contributed by atoms with Gasteiger partial charge in [-0.05, 0) is 18.6 Å². The van der Waals surface area contributed by atoms with Gasteiger partial charge in [0.15, 0.2) is 5.17 Å². The highest BCUT2D eigenvalue weighted by atomic mass is 35.5. The van der Waals surface area contributed by atoms with Crippen molar-refractivity contribution in [2.75, 3.05) is 18.4 Å². The molecule has 3 rings (SSSR count). The van der Waals surface area contributed by atoms with Gasteiger partial charge >= 0.3 is 0 Å². The van der Waals surface area contributed by atoms with E-state index in [1.165, 1.54) is 30.0 Å². The number of carbonyl (C=O) groups is 2. The molecule has 1 fully saturated rings. The summed E-state index contributed by atoms with van der Waals surface area (Å²) in [4.78, 5) is 40.7. The van der Waals surface area contributed by atoms with Gasteiger partial charge in [0.2, 0.25) is 11.8 Å². The standard InChI is InChI=1S/C14H13ClN4O4S/c15-8-2-3-9(10(6-8)19(22)23)17-12(20)7-11-13(21)18-5-1-4-16-14(18)24-11/h2-3,6,11H,1,4-5,7H2,(H,17,20). The molecule has 1 atom stereocenters. The maximum Gasteiger partial charge on any atom is 0.294 e. The van der Waals surface area contributed by atoms with Gasteiger partial charge in [-0.1, -0.05) is 23.4 Å². The summed E-state index contributed by atoms with van der Waals surface area (Å²) in [6, 6.07) is 3.99. The predicted molar refractivity (Wildman–Crippen MR) is 91.4 cm³/mol. The van der Waals surface area contributed by atoms with E-state index in [0.717, 1.165) is 6.42 Å². The highest BCUT2D eigenvalue weighted by Crippen LogP contribution is 2.32. The summed E-state index contributed by atoms with van der Waals surface area (Å²) in [5.41, 5.74) is -0.233. The van der Waals surface area contributed by atoms with Gasteiger partial charge in [0, 0.05) is 30.6 Å². The van der Waals surface area contributed by atoms with Crippen LogP contribution in [-0.4, -0.2) is 45.1 Å². The summed E-state index contributed by atoms with van der Waals surface area (Å²) in [7, 11) is 0. The molecule has 0 aromatic heterocycles. The number of nitrogens with one attached hydrogen (secondary N) is 1. The molecular weight excluding hydrogens is 356 g/mol. The van der Waals surface area contributed by atoms with E-state index in [-0.39, 0.29) is 28.7 Å². The number of nitro groups is 1. The first-order chi connectivity index (χ1) is 11.5. The van der Waals surface area contributed by atoms with E-state index in [2.05, 4.69) is 10.3 Å². The highest BCUT2D eigenvalue weighted by molar-refractivity contribution is 8.15. The van der Waals surface area contributed by atoms with Crippen LogP contribution in [0.3, 0.4) is 0 Å². The van der Waals surface area contributed by atoms with Crippen LogP contribution in [0.5, 0.6) is 0 Å². The summed E-state index contributed by atoms with van der Waals surface area (Å²) >= 11 is 7.01. The first-order valence-corrected chi connectivity index (χ1v) is 8.48. The number of hydrogen-bond acceptors (Lipinski definition) is 6. The Morgan fingerprint density at radius 3 is 3.04 bits per heavy atom. The largest absolute Gasteiger partial charge is 0.320 e. The van der Waals surface area contributed by atoms with E-state index in [9.17, 15) is 19.7 Å². The lowest BCUT2D eigenvalue weighted by Crippen LogP contribution is -2.36. The zero-order chi connectivity index (χ0) is 17.3. The van der Waals surface area contributed by atoms with Gasteiger partial charge in [0.25, 0.3) is 5.69 Å². The highest BCUT2D eigenvalue weighted by Gasteiger charge is 2.39. The van der Waals surface area contributed by atoms with Crippen molar-refractivity contribution in [3.8, 4) is 0 Å². The first kappa shape index (κ1) is 16.7. The maximum atomic E-state index is 12.3. The fourth-order valence-corrected chi connectivity index (χ4v) is 3.86. The fraction of sp³-hybridized carbons (Fsp3) is 0.357. The lowest BCUT2D eigenvalue weighted by atomic mass is 10.2. The van der Waals surface area contributed by atoms with E-state index in [0.29, 0.717) is 18.3 Å². The summed E-state index contributed by atoms with van der Waals surface area (Å²) in [5.74, 6) is -0.606. The van der Waals surface area contributed by atoms with Crippen LogP contribution in [0.2, 0.25) is 5.02 Å². The van der Waals surface area contributed by atoms with Crippen molar-refractivity contribution < 1.29 is 14.5 Å². The van der Waals surface area contributed by atoms with Gasteiger partial charge in [-0.2, -0.15) is 0 Å². The molecule has 1 aromatic rings. The van der Waals surface area contributed by atoms with E-state index in [1.807, 2.05) is 0 Å². The number of rotatable bonds is 4. The van der Waals surface area contributed by atoms with Crippen molar-refractivity contribution in [3.63, 3.8) is 0 Å². The lowest BCUT2D eigenvalue weighted by molar-refractivity contribution is -0.383. The summed E-state index contributed by atoms with van der Waals surface area (Å²) in [6.07, 6.45) is 0.741. The quantitative estimate of drug-likeness (QED) is 0.648. The molecule has 0 aliphatic carbocycles. The minimum Gasteiger partial charge on any atom is -0.320 e. The van der Waals surface area contributed by atoms with E-state index < -0.39 is 16.1 Å². The van der Waals surface area contributed by atoms with Crippen molar-refractivity contribution >= 4 is 51.7 Å². The molecule has 1 unspecified atom stereocenters. The van der Waals surface area contributed by atoms with Gasteiger partial charge in [0.1, 0.15) is 10.9 Å². The summed E-state index contributed by atoms with van der Waals surface area (Å²) < 4.78 is 0. The number of nitrogens with zero attached hydrogens (tertiary/aromatic N) is 3. The monoisotopic (exact) mass is 368 g/mol. The molecule has 0 radical (unpaired) electrons. The van der Waals surface area contributed by atoms with Crippen LogP contribution in [0.4, 0.5) is 11.4 Å². The minimum absolute atomic E-state index is 0.0555. The lowest BCUT2D eigenvalue weighted by Gasteiger charge is -2.19. The summed E-state index contributed by atoms with van der Waals surface area (Å²) in [6.45, 7) is 1.30. The topological polar surface area (TPSA) is 105 Å². The normalized spacial score (nSPS) is 19.7. The van der Waals surface area contributed by atoms with Crippen LogP contribution in [0.1, 0.15) is 12.8 Å². The molecule has 0 spiro atoms. The zero-order valence-corrected chi connectivity index (χ0v) is 14.0. The number of aliphatic imine (C=N–C) groups is 1. The Morgan fingerprint density at radius 1 is 1.54 bits per heavy atom. The van der Waals surface area contributed by atoms with Gasteiger partial charge in [-0.15, -0.1) is 0 Å². The molecular formula is C14H13ClN4O4S. The molecule has 1 N–H and O–H groups in total. The number of amidine groups is 1. The molecule has 2 aliphatic heterocycles. The van der Waals surface area contributed by atoms with Crippen LogP contribution in [0.25, 0.3) is 0 Å². The molecule has 24 heavy (non-hydrogen) atoms. The van der Waals surface area contributed by atoms with Crippen LogP contribution in [-0.2, 0) is 9.59 Å². The number of halogens is 1. The van der Waals surface area contributed by atoms with Crippen LogP contribution < -0.4 is 5.32 Å². The third-order valence-electron chi connectivity index (χ3n) is 3.61. The van der Waals surface area contributed by atoms with Crippen LogP contribution in [0.15, 0.2) is 23.2 Å². The third kappa shape index (κ3) is 3.36. The second kappa shape index (κ2) is 6.78. The zero-order valence-electron chi connectivity index (χ0n) is 12.4. The van der Waals surface area contributed by atoms with Crippen LogP contribution in [0, 0.1) is 10.1 Å². The molecule has 1 aromatic carbocycles. The first-order valence-electron chi connectivity index (χ1n) is 7.22. The van der Waals surface area contributed by atoms with Gasteiger partial charge < -0.3 is 5.32 Å². The molecule has 2 aliphatic rings. The number of amides is 2. The van der Waals surface area contributed by atoms with Crippen LogP contribution >= 0.6 is 23.4 Å². The number of benzene rings is 1. The Kier molecular flexibility index (Phi) is 4.72. The smallest absolute Gasteiger partial charge is 0.294 e. The summed E-state index contributed by atoms with van der Waals surface area (Å²) in [5, 5.41) is 13.8. The number of hydrogen-bond donors (Lipinski definition) is 1. The second-order valence-electron chi connectivity index (χ2n) is 5.29. The fourth-order valence-electron chi connectivity index (χ4n) is 2.50. The Labute approximate surface area is 146 Å². The Bertz CT molecular complexity index is 754. The average molecular weight is 369 g/mol. The molecule has 2 heterocycles. The van der Waals surface area contributed by atoms with Gasteiger partial charge in [-0.3, -0.25) is 29.6 Å². The van der Waals surface area contributed by atoms with Gasteiger partial charge in [0.05, 0.1) is 4.92 Å². The Hall–Kier alpha value is -2.13. The van der Waals surface area contributed by atoms with Crippen molar-refractivity contribution in [1.29, 1.82) is 0 Å². The Morgan fingerprint density at radius 2 is 2.33 bits per heavy atom. The van der Waals surface area contributed by atoms with E-state index in [4.69, 9.17) is 11.6 Å². The molecule has 2 amide bonds. The maximum absolute atomic E-state index is 12.3. The van der Waals surface area contributed by atoms with E-state index >= 15 is 0 Å². The Balaban J connectivity index is 1.69. The number of fused-ring (bicyclic) bond motifs is 1. The molecule has 0 bridgehead atoms. The number of anilines is 1. The number of carbonyl (C=O) groups excluding carboxylic acids is 2. The van der Waals surface area contributed by atoms with Gasteiger partial charge in [-0.25, -0.2) is 0 Å². The predicted octanol–water partition coefficient (Wildman–Crippen LogP) is 2.28. The molecule has 0 saturated carbocycles. The SMILES string of the molecule is O=C(CC1SC2=NCCCN2C1=O)Nc1ccc(Cl)cc1[N+](=O)[O-]. The second-order valence-corrected chi connectivity index (χ2v) is 6.89. The number of thioether (sulfide) groups is 1. The van der Waals surface area contributed by atoms with Crippen molar-refractivity contribution in [3.05, 3.63) is 33.3 Å². The molecule has 10 heteroatoms. The molecule has 8 nitrogen and oxygen atoms in total.